The van der Waals surface area contributed by atoms with Gasteiger partial charge in [0.1, 0.15) is 18.1 Å². The summed E-state index contributed by atoms with van der Waals surface area (Å²) in [4.78, 5) is 61.6. The highest BCUT2D eigenvalue weighted by Crippen LogP contribution is 2.20. The molecule has 31 heavy (non-hydrogen) atoms. The van der Waals surface area contributed by atoms with Gasteiger partial charge in [-0.15, -0.1) is 0 Å². The maximum atomic E-state index is 13.0. The Morgan fingerprint density at radius 3 is 2.29 bits per heavy atom. The molecule has 3 amide bonds. The zero-order valence-corrected chi connectivity index (χ0v) is 18.8. The van der Waals surface area contributed by atoms with E-state index in [-0.39, 0.29) is 5.92 Å². The average Bonchev–Trinajstić information content (AvgIpc) is 3.17. The zero-order valence-electron chi connectivity index (χ0n) is 18.0. The van der Waals surface area contributed by atoms with Gasteiger partial charge in [-0.3, -0.25) is 19.2 Å². The lowest BCUT2D eigenvalue weighted by Crippen LogP contribution is -2.58. The Kier molecular flexibility index (Phi) is 10.8. The number of hydrogen-bond acceptors (Lipinski definition) is 7. The van der Waals surface area contributed by atoms with Crippen LogP contribution in [0.1, 0.15) is 39.5 Å². The molecule has 1 rings (SSSR count). The molecular weight excluding hydrogens is 428 g/mol. The minimum Gasteiger partial charge on any atom is -0.481 e. The maximum absolute atomic E-state index is 13.0. The molecule has 6 N–H and O–H groups in total. The van der Waals surface area contributed by atoms with E-state index in [0.717, 1.165) is 0 Å². The van der Waals surface area contributed by atoms with E-state index >= 15 is 0 Å². The van der Waals surface area contributed by atoms with Crippen LogP contribution in [0.5, 0.6) is 0 Å². The highest BCUT2D eigenvalue weighted by atomic mass is 32.2. The smallest absolute Gasteiger partial charge is 0.326 e. The summed E-state index contributed by atoms with van der Waals surface area (Å²) in [5.41, 5.74) is 5.56. The number of carbonyl (C=O) groups excluding carboxylic acids is 3. The number of thioether (sulfide) groups is 1. The Balaban J connectivity index is 2.93. The van der Waals surface area contributed by atoms with Crippen molar-refractivity contribution in [2.75, 3.05) is 18.6 Å². The standard InChI is InChI=1S/C19H32N4O7S/c1-10(2)15(22-16(26)11(20)9-14(24)25)17(27)21-12(6-8-31-3)18(28)23-7-4-5-13(23)19(29)30/h10-13,15H,4-9,20H2,1-3H3,(H,21,27)(H,22,26)(H,24,25)(H,29,30). The molecule has 1 heterocycles. The molecule has 4 unspecified atom stereocenters. The summed E-state index contributed by atoms with van der Waals surface area (Å²) in [6.45, 7) is 3.68. The molecule has 0 aromatic carbocycles. The first-order valence-electron chi connectivity index (χ1n) is 10.1. The molecule has 1 aliphatic heterocycles. The SMILES string of the molecule is CSCCC(NC(=O)C(NC(=O)C(N)CC(=O)O)C(C)C)C(=O)N1CCCC1C(=O)O. The van der Waals surface area contributed by atoms with E-state index in [2.05, 4.69) is 10.6 Å². The number of rotatable bonds is 12. The molecule has 0 radical (unpaired) electrons. The van der Waals surface area contributed by atoms with Crippen LogP contribution < -0.4 is 16.4 Å². The minimum absolute atomic E-state index is 0.297. The van der Waals surface area contributed by atoms with Crippen molar-refractivity contribution in [2.45, 2.75) is 63.7 Å². The van der Waals surface area contributed by atoms with Crippen LogP contribution in [0, 0.1) is 5.92 Å². The maximum Gasteiger partial charge on any atom is 0.326 e. The number of likely N-dealkylation sites (tertiary alicyclic amines) is 1. The van der Waals surface area contributed by atoms with Gasteiger partial charge in [0.25, 0.3) is 0 Å². The summed E-state index contributed by atoms with van der Waals surface area (Å²) in [7, 11) is 0. The van der Waals surface area contributed by atoms with Gasteiger partial charge < -0.3 is 31.5 Å². The molecule has 0 saturated carbocycles. The fraction of sp³-hybridized carbons (Fsp3) is 0.737. The van der Waals surface area contributed by atoms with Crippen LogP contribution in [0.2, 0.25) is 0 Å². The lowest BCUT2D eigenvalue weighted by molar-refractivity contribution is -0.149. The van der Waals surface area contributed by atoms with Gasteiger partial charge in [0.05, 0.1) is 12.5 Å². The van der Waals surface area contributed by atoms with Crippen LogP contribution in [0.25, 0.3) is 0 Å². The summed E-state index contributed by atoms with van der Waals surface area (Å²) in [6, 6.07) is -4.21. The Labute approximate surface area is 185 Å². The van der Waals surface area contributed by atoms with Crippen LogP contribution in [0.3, 0.4) is 0 Å². The average molecular weight is 461 g/mol. The molecule has 0 bridgehead atoms. The van der Waals surface area contributed by atoms with Gasteiger partial charge in [-0.05, 0) is 37.2 Å². The van der Waals surface area contributed by atoms with E-state index in [1.165, 1.54) is 16.7 Å². The summed E-state index contributed by atoms with van der Waals surface area (Å²) >= 11 is 1.48. The molecule has 11 nitrogen and oxygen atoms in total. The van der Waals surface area contributed by atoms with Crippen LogP contribution in [0.15, 0.2) is 0 Å². The first kappa shape index (κ1) is 26.7. The third-order valence-corrected chi connectivity index (χ3v) is 5.67. The fourth-order valence-corrected chi connectivity index (χ4v) is 3.79. The van der Waals surface area contributed by atoms with Crippen molar-refractivity contribution in [1.29, 1.82) is 0 Å². The number of nitrogens with one attached hydrogen (secondary N) is 2. The third kappa shape index (κ3) is 8.02. The van der Waals surface area contributed by atoms with Crippen molar-refractivity contribution in [2.24, 2.45) is 11.7 Å². The van der Waals surface area contributed by atoms with E-state index in [9.17, 15) is 29.1 Å². The summed E-state index contributed by atoms with van der Waals surface area (Å²) < 4.78 is 0. The van der Waals surface area contributed by atoms with Gasteiger partial charge in [0.15, 0.2) is 0 Å². The Bertz CT molecular complexity index is 688. The number of aliphatic carboxylic acids is 2. The molecule has 0 aromatic rings. The Morgan fingerprint density at radius 2 is 1.77 bits per heavy atom. The van der Waals surface area contributed by atoms with Gasteiger partial charge >= 0.3 is 11.9 Å². The second kappa shape index (κ2) is 12.5. The van der Waals surface area contributed by atoms with E-state index in [4.69, 9.17) is 10.8 Å². The molecule has 176 valence electrons. The quantitative estimate of drug-likeness (QED) is 0.250. The number of nitrogens with two attached hydrogens (primary N) is 1. The fourth-order valence-electron chi connectivity index (χ4n) is 3.32. The number of hydrogen-bond donors (Lipinski definition) is 5. The minimum atomic E-state index is -1.32. The van der Waals surface area contributed by atoms with Crippen molar-refractivity contribution in [3.8, 4) is 0 Å². The van der Waals surface area contributed by atoms with Crippen LogP contribution >= 0.6 is 11.8 Å². The number of nitrogens with zero attached hydrogens (tertiary/aromatic N) is 1. The lowest BCUT2D eigenvalue weighted by atomic mass is 10.0. The van der Waals surface area contributed by atoms with E-state index in [0.29, 0.717) is 31.6 Å². The predicted octanol–water partition coefficient (Wildman–Crippen LogP) is -0.757. The van der Waals surface area contributed by atoms with E-state index in [1.54, 1.807) is 13.8 Å². The van der Waals surface area contributed by atoms with E-state index in [1.807, 2.05) is 6.26 Å². The van der Waals surface area contributed by atoms with Crippen molar-refractivity contribution in [3.05, 3.63) is 0 Å². The molecular formula is C19H32N4O7S. The Morgan fingerprint density at radius 1 is 1.13 bits per heavy atom. The van der Waals surface area contributed by atoms with Gasteiger partial charge in [0.2, 0.25) is 17.7 Å². The molecule has 0 aliphatic carbocycles. The zero-order chi connectivity index (χ0) is 23.7. The summed E-state index contributed by atoms with van der Waals surface area (Å²) in [6.07, 6.45) is 2.49. The first-order valence-corrected chi connectivity index (χ1v) is 11.5. The van der Waals surface area contributed by atoms with Crippen molar-refractivity contribution >= 4 is 41.4 Å². The number of carboxylic acid groups (broad SMARTS) is 2. The molecule has 1 aliphatic rings. The largest absolute Gasteiger partial charge is 0.481 e. The monoisotopic (exact) mass is 460 g/mol. The third-order valence-electron chi connectivity index (χ3n) is 5.02. The second-order valence-corrected chi connectivity index (χ2v) is 8.79. The topological polar surface area (TPSA) is 179 Å². The van der Waals surface area contributed by atoms with Gasteiger partial charge in [-0.1, -0.05) is 13.8 Å². The molecule has 0 spiro atoms. The van der Waals surface area contributed by atoms with Crippen molar-refractivity contribution < 1.29 is 34.2 Å². The second-order valence-electron chi connectivity index (χ2n) is 7.81. The highest BCUT2D eigenvalue weighted by Gasteiger charge is 2.38. The first-order chi connectivity index (χ1) is 14.5. The number of carboxylic acids is 2. The van der Waals surface area contributed by atoms with Crippen LogP contribution in [-0.4, -0.2) is 87.5 Å². The van der Waals surface area contributed by atoms with Crippen LogP contribution in [0.4, 0.5) is 0 Å². The normalized spacial score (nSPS) is 18.9. The highest BCUT2D eigenvalue weighted by molar-refractivity contribution is 7.98. The summed E-state index contributed by atoms with van der Waals surface area (Å²) in [5.74, 6) is -4.00. The van der Waals surface area contributed by atoms with Crippen molar-refractivity contribution in [1.82, 2.24) is 15.5 Å². The van der Waals surface area contributed by atoms with E-state index < -0.39 is 60.2 Å². The lowest BCUT2D eigenvalue weighted by Gasteiger charge is -2.29. The number of carbonyl (C=O) groups is 5. The predicted molar refractivity (Wildman–Crippen MR) is 114 cm³/mol. The molecule has 1 saturated heterocycles. The van der Waals surface area contributed by atoms with Gasteiger partial charge in [-0.25, -0.2) is 4.79 Å². The van der Waals surface area contributed by atoms with Crippen LogP contribution in [-0.2, 0) is 24.0 Å². The Hall–Kier alpha value is -2.34. The summed E-state index contributed by atoms with van der Waals surface area (Å²) in [5, 5.41) is 23.2. The molecule has 0 aromatic heterocycles. The van der Waals surface area contributed by atoms with Crippen molar-refractivity contribution in [3.63, 3.8) is 0 Å². The van der Waals surface area contributed by atoms with Gasteiger partial charge in [0, 0.05) is 6.54 Å². The molecule has 4 atom stereocenters. The molecule has 1 fully saturated rings. The van der Waals surface area contributed by atoms with Gasteiger partial charge in [-0.2, -0.15) is 11.8 Å². The molecule has 12 heteroatoms. The number of amides is 3.